The van der Waals surface area contributed by atoms with Crippen molar-refractivity contribution in [2.75, 3.05) is 6.54 Å². The van der Waals surface area contributed by atoms with E-state index in [1.807, 2.05) is 0 Å². The van der Waals surface area contributed by atoms with Crippen molar-refractivity contribution in [3.63, 3.8) is 0 Å². The summed E-state index contributed by atoms with van der Waals surface area (Å²) in [5.41, 5.74) is 0.698. The molecule has 0 heterocycles. The predicted molar refractivity (Wildman–Crippen MR) is 86.4 cm³/mol. The highest BCUT2D eigenvalue weighted by molar-refractivity contribution is 5.96. The number of ketones is 1. The number of nitrogens with zero attached hydrogens (tertiary/aromatic N) is 2. The van der Waals surface area contributed by atoms with Crippen molar-refractivity contribution in [2.45, 2.75) is 13.0 Å². The van der Waals surface area contributed by atoms with E-state index in [4.69, 9.17) is 5.11 Å². The Kier molecular flexibility index (Phi) is 7.18. The third kappa shape index (κ3) is 5.93. The first kappa shape index (κ1) is 18.9. The summed E-state index contributed by atoms with van der Waals surface area (Å²) in [4.78, 5) is 30.3. The van der Waals surface area contributed by atoms with Crippen LogP contribution in [0.15, 0.2) is 54.6 Å². The predicted octanol–water partition coefficient (Wildman–Crippen LogP) is 2.79. The number of Topliss-reactive ketones (excluding diaryl/α,β-unsaturated/α-hetero) is 1. The van der Waals surface area contributed by atoms with E-state index in [0.717, 1.165) is 0 Å². The van der Waals surface area contributed by atoms with Crippen molar-refractivity contribution in [1.82, 2.24) is 0 Å². The van der Waals surface area contributed by atoms with Crippen LogP contribution in [0, 0.1) is 20.2 Å². The van der Waals surface area contributed by atoms with Gasteiger partial charge in [0.15, 0.2) is 0 Å². The van der Waals surface area contributed by atoms with E-state index in [2.05, 4.69) is 0 Å². The van der Waals surface area contributed by atoms with E-state index in [0.29, 0.717) is 11.1 Å². The first-order valence-electron chi connectivity index (χ1n) is 6.94. The Hall–Kier alpha value is -3.13. The minimum Gasteiger partial charge on any atom is -0.388 e. The van der Waals surface area contributed by atoms with E-state index >= 15 is 0 Å². The lowest BCUT2D eigenvalue weighted by atomic mass is 10.1. The van der Waals surface area contributed by atoms with Crippen molar-refractivity contribution in [3.05, 3.63) is 86.0 Å². The minimum atomic E-state index is -0.799. The first-order chi connectivity index (χ1) is 11.3. The topological polar surface area (TPSA) is 124 Å². The molecule has 2 rings (SSSR count). The smallest absolute Gasteiger partial charge is 0.275 e. The van der Waals surface area contributed by atoms with Crippen LogP contribution in [0.25, 0.3) is 0 Å². The Bertz CT molecular complexity index is 716. The van der Waals surface area contributed by atoms with Crippen LogP contribution in [0.1, 0.15) is 28.9 Å². The van der Waals surface area contributed by atoms with Crippen molar-refractivity contribution in [3.8, 4) is 0 Å². The third-order valence-electron chi connectivity index (χ3n) is 2.95. The van der Waals surface area contributed by atoms with E-state index in [1.165, 1.54) is 13.0 Å². The molecule has 0 spiro atoms. The van der Waals surface area contributed by atoms with Gasteiger partial charge in [0.05, 0.1) is 16.6 Å². The minimum absolute atomic E-state index is 0.0347. The van der Waals surface area contributed by atoms with Crippen LogP contribution in [0.2, 0.25) is 0 Å². The monoisotopic (exact) mass is 332 g/mol. The molecule has 0 bridgehead atoms. The number of carbonyl (C=O) groups excluding carboxylic acids is 1. The molecule has 2 aromatic rings. The maximum Gasteiger partial charge on any atom is 0.275 e. The molecular weight excluding hydrogens is 316 g/mol. The Morgan fingerprint density at radius 2 is 1.58 bits per heavy atom. The van der Waals surface area contributed by atoms with Gasteiger partial charge in [0, 0.05) is 16.6 Å². The number of hydrogen-bond donors (Lipinski definition) is 1. The number of benzene rings is 2. The largest absolute Gasteiger partial charge is 0.388 e. The highest BCUT2D eigenvalue weighted by atomic mass is 16.6. The van der Waals surface area contributed by atoms with Gasteiger partial charge in [-0.05, 0) is 13.0 Å². The molecule has 1 unspecified atom stereocenters. The maximum absolute atomic E-state index is 11.0. The van der Waals surface area contributed by atoms with Gasteiger partial charge in [0.1, 0.15) is 0 Å². The highest BCUT2D eigenvalue weighted by Crippen LogP contribution is 2.23. The zero-order valence-electron chi connectivity index (χ0n) is 12.9. The van der Waals surface area contributed by atoms with Gasteiger partial charge < -0.3 is 5.11 Å². The number of nitro groups is 2. The summed E-state index contributed by atoms with van der Waals surface area (Å²) in [6.07, 6.45) is -0.799. The Morgan fingerprint density at radius 1 is 1.04 bits per heavy atom. The number of para-hydroxylation sites is 1. The van der Waals surface area contributed by atoms with Crippen LogP contribution in [-0.2, 0) is 0 Å². The summed E-state index contributed by atoms with van der Waals surface area (Å²) >= 11 is 0. The normalized spacial score (nSPS) is 10.9. The Labute approximate surface area is 137 Å². The maximum atomic E-state index is 11.0. The molecule has 0 aliphatic carbocycles. The lowest BCUT2D eigenvalue weighted by molar-refractivity contribution is -0.465. The number of aliphatic hydroxyl groups is 1. The van der Waals surface area contributed by atoms with Gasteiger partial charge in [0.2, 0.25) is 5.78 Å². The van der Waals surface area contributed by atoms with Crippen molar-refractivity contribution in [2.24, 2.45) is 0 Å². The number of nitro benzene ring substituents is 1. The van der Waals surface area contributed by atoms with Crippen LogP contribution in [0.4, 0.5) is 5.69 Å². The first-order valence-corrected chi connectivity index (χ1v) is 6.94. The Balaban J connectivity index is 0.000000240. The lowest BCUT2D eigenvalue weighted by Crippen LogP contribution is -2.13. The van der Waals surface area contributed by atoms with Gasteiger partial charge in [-0.3, -0.25) is 25.0 Å². The molecule has 0 amide bonds. The Morgan fingerprint density at radius 3 is 2.04 bits per heavy atom. The highest BCUT2D eigenvalue weighted by Gasteiger charge is 2.15. The molecule has 1 N–H and O–H groups in total. The molecule has 0 aliphatic rings. The van der Waals surface area contributed by atoms with Gasteiger partial charge >= 0.3 is 0 Å². The van der Waals surface area contributed by atoms with Crippen molar-refractivity contribution in [1.29, 1.82) is 0 Å². The summed E-state index contributed by atoms with van der Waals surface area (Å²) in [6, 6.07) is 14.4. The van der Waals surface area contributed by atoms with Gasteiger partial charge in [-0.25, -0.2) is 0 Å². The van der Waals surface area contributed by atoms with Gasteiger partial charge in [-0.2, -0.15) is 0 Å². The summed E-state index contributed by atoms with van der Waals surface area (Å²) < 4.78 is 0. The van der Waals surface area contributed by atoms with Crippen molar-refractivity contribution < 1.29 is 19.7 Å². The van der Waals surface area contributed by atoms with E-state index in [-0.39, 0.29) is 5.69 Å². The molecule has 0 fully saturated rings. The van der Waals surface area contributed by atoms with Crippen molar-refractivity contribution >= 4 is 11.5 Å². The molecule has 0 aromatic heterocycles. The number of hydrogen-bond acceptors (Lipinski definition) is 6. The molecule has 0 saturated heterocycles. The summed E-state index contributed by atoms with van der Waals surface area (Å²) in [5.74, 6) is -0.458. The van der Waals surface area contributed by atoms with Gasteiger partial charge in [0.25, 0.3) is 12.2 Å². The molecule has 0 saturated carbocycles. The summed E-state index contributed by atoms with van der Waals surface area (Å²) in [5, 5.41) is 29.5. The van der Waals surface area contributed by atoms with Crippen LogP contribution in [0.5, 0.6) is 0 Å². The molecular formula is C16H16N2O6. The van der Waals surface area contributed by atoms with E-state index in [1.54, 1.807) is 48.5 Å². The standard InChI is InChI=1S/C8H9NO3.C8H7NO3/c1-6(10)7-4-2-3-5-8(7)9(11)12;10-8(6-9(11)12)7-4-2-1-3-5-7/h2-6,10H,1H3;1-5H,6H2. The van der Waals surface area contributed by atoms with E-state index in [9.17, 15) is 25.0 Å². The third-order valence-corrected chi connectivity index (χ3v) is 2.95. The second-order valence-corrected chi connectivity index (χ2v) is 4.77. The molecule has 2 aromatic carbocycles. The summed E-state index contributed by atoms with van der Waals surface area (Å²) in [6.45, 7) is 0.867. The summed E-state index contributed by atoms with van der Waals surface area (Å²) in [7, 11) is 0. The SMILES string of the molecule is CC(O)c1ccccc1[N+](=O)[O-].O=C(C[N+](=O)[O-])c1ccccc1. The van der Waals surface area contributed by atoms with Crippen LogP contribution in [-0.4, -0.2) is 27.3 Å². The van der Waals surface area contributed by atoms with Crippen LogP contribution >= 0.6 is 0 Å². The molecule has 126 valence electrons. The lowest BCUT2D eigenvalue weighted by Gasteiger charge is -2.03. The number of carbonyl (C=O) groups is 1. The number of aliphatic hydroxyl groups excluding tert-OH is 1. The fourth-order valence-electron chi connectivity index (χ4n) is 1.84. The van der Waals surface area contributed by atoms with Crippen LogP contribution in [0.3, 0.4) is 0 Å². The quantitative estimate of drug-likeness (QED) is 0.510. The van der Waals surface area contributed by atoms with Gasteiger partial charge in [-0.15, -0.1) is 0 Å². The molecule has 8 nitrogen and oxygen atoms in total. The average molecular weight is 332 g/mol. The second kappa shape index (κ2) is 9.11. The average Bonchev–Trinajstić information content (AvgIpc) is 2.55. The van der Waals surface area contributed by atoms with E-state index < -0.39 is 28.3 Å². The zero-order valence-corrected chi connectivity index (χ0v) is 12.9. The molecule has 8 heteroatoms. The fourth-order valence-corrected chi connectivity index (χ4v) is 1.84. The fraction of sp³-hybridized carbons (Fsp3) is 0.188. The van der Waals surface area contributed by atoms with Crippen LogP contribution < -0.4 is 0 Å². The van der Waals surface area contributed by atoms with Gasteiger partial charge in [-0.1, -0.05) is 42.5 Å². The molecule has 24 heavy (non-hydrogen) atoms. The number of rotatable bonds is 5. The molecule has 1 atom stereocenters. The second-order valence-electron chi connectivity index (χ2n) is 4.77. The zero-order chi connectivity index (χ0) is 18.1. The molecule has 0 aliphatic heterocycles. The molecule has 0 radical (unpaired) electrons.